The van der Waals surface area contributed by atoms with Gasteiger partial charge in [0.05, 0.1) is 7.11 Å². The van der Waals surface area contributed by atoms with Crippen LogP contribution in [0.5, 0.6) is 5.88 Å². The van der Waals surface area contributed by atoms with E-state index in [0.717, 1.165) is 29.9 Å². The molecule has 2 aliphatic rings. The van der Waals surface area contributed by atoms with Gasteiger partial charge in [0.15, 0.2) is 0 Å². The molecule has 0 amide bonds. The van der Waals surface area contributed by atoms with Crippen molar-refractivity contribution < 1.29 is 4.74 Å². The van der Waals surface area contributed by atoms with Crippen molar-refractivity contribution in [3.8, 4) is 5.88 Å². The summed E-state index contributed by atoms with van der Waals surface area (Å²) in [6.45, 7) is 0. The first-order chi connectivity index (χ1) is 8.79. The fourth-order valence-corrected chi connectivity index (χ4v) is 3.66. The van der Waals surface area contributed by atoms with Crippen LogP contribution in [0.15, 0.2) is 12.4 Å². The second kappa shape index (κ2) is 4.84. The molecule has 4 nitrogen and oxygen atoms in total. The molecule has 0 spiro atoms. The second-order valence-electron chi connectivity index (χ2n) is 5.61. The average molecular weight is 247 g/mol. The van der Waals surface area contributed by atoms with Crippen LogP contribution in [0, 0.1) is 17.8 Å². The van der Waals surface area contributed by atoms with Gasteiger partial charge in [-0.2, -0.15) is 0 Å². The Balaban J connectivity index is 1.62. The predicted octanol–water partition coefficient (Wildman–Crippen LogP) is 1.79. The molecule has 1 heterocycles. The molecule has 1 aromatic heterocycles. The van der Waals surface area contributed by atoms with E-state index in [2.05, 4.69) is 9.97 Å². The molecular weight excluding hydrogens is 226 g/mol. The maximum Gasteiger partial charge on any atom is 0.216 e. The van der Waals surface area contributed by atoms with Crippen LogP contribution >= 0.6 is 0 Å². The van der Waals surface area contributed by atoms with Crippen molar-refractivity contribution in [2.24, 2.45) is 23.5 Å². The third-order valence-corrected chi connectivity index (χ3v) is 4.57. The molecule has 2 N–H and O–H groups in total. The highest BCUT2D eigenvalue weighted by Gasteiger charge is 2.52. The Morgan fingerprint density at radius 3 is 2.72 bits per heavy atom. The Morgan fingerprint density at radius 1 is 1.33 bits per heavy atom. The van der Waals surface area contributed by atoms with Gasteiger partial charge in [-0.1, -0.05) is 12.8 Å². The molecule has 98 valence electrons. The average Bonchev–Trinajstić information content (AvgIpc) is 3.13. The maximum atomic E-state index is 6.36. The number of methoxy groups -OCH3 is 1. The van der Waals surface area contributed by atoms with E-state index in [0.29, 0.717) is 5.88 Å². The third kappa shape index (κ3) is 2.21. The van der Waals surface area contributed by atoms with Crippen LogP contribution in [-0.2, 0) is 6.42 Å². The maximum absolute atomic E-state index is 6.36. The molecule has 4 heteroatoms. The molecule has 3 rings (SSSR count). The fraction of sp³-hybridized carbons (Fsp3) is 0.714. The second-order valence-corrected chi connectivity index (χ2v) is 5.61. The summed E-state index contributed by atoms with van der Waals surface area (Å²) in [5.41, 5.74) is 7.36. The summed E-state index contributed by atoms with van der Waals surface area (Å²) in [5.74, 6) is 3.16. The van der Waals surface area contributed by atoms with Crippen LogP contribution in [0.2, 0.25) is 0 Å². The summed E-state index contributed by atoms with van der Waals surface area (Å²) in [5, 5.41) is 0. The van der Waals surface area contributed by atoms with Gasteiger partial charge >= 0.3 is 0 Å². The summed E-state index contributed by atoms with van der Waals surface area (Å²) < 4.78 is 5.12. The summed E-state index contributed by atoms with van der Waals surface area (Å²) in [6.07, 6.45) is 7.96. The van der Waals surface area contributed by atoms with E-state index in [-0.39, 0.29) is 6.04 Å². The van der Waals surface area contributed by atoms with Gasteiger partial charge in [0, 0.05) is 24.2 Å². The minimum atomic E-state index is 0.248. The lowest BCUT2D eigenvalue weighted by molar-refractivity contribution is 0.395. The van der Waals surface area contributed by atoms with Crippen LogP contribution in [-0.4, -0.2) is 23.1 Å². The third-order valence-electron chi connectivity index (χ3n) is 4.57. The quantitative estimate of drug-likeness (QED) is 0.881. The number of hydrogen-bond donors (Lipinski definition) is 1. The van der Waals surface area contributed by atoms with Crippen molar-refractivity contribution in [3.05, 3.63) is 18.1 Å². The number of fused-ring (bicyclic) bond motifs is 1. The number of nitrogens with zero attached hydrogens (tertiary/aromatic N) is 2. The van der Waals surface area contributed by atoms with Crippen LogP contribution in [0.4, 0.5) is 0 Å². The zero-order chi connectivity index (χ0) is 12.5. The van der Waals surface area contributed by atoms with E-state index in [1.807, 2.05) is 6.07 Å². The van der Waals surface area contributed by atoms with Gasteiger partial charge in [-0.15, -0.1) is 0 Å². The Morgan fingerprint density at radius 2 is 2.06 bits per heavy atom. The van der Waals surface area contributed by atoms with Gasteiger partial charge in [-0.25, -0.2) is 9.97 Å². The lowest BCUT2D eigenvalue weighted by atomic mass is 10.0. The molecule has 0 bridgehead atoms. The topological polar surface area (TPSA) is 61.0 Å². The Bertz CT molecular complexity index is 411. The van der Waals surface area contributed by atoms with E-state index >= 15 is 0 Å². The molecule has 3 unspecified atom stereocenters. The van der Waals surface area contributed by atoms with Crippen molar-refractivity contribution in [2.45, 2.75) is 38.1 Å². The molecular formula is C14H21N3O. The Kier molecular flexibility index (Phi) is 3.20. The van der Waals surface area contributed by atoms with Gasteiger partial charge in [-0.3, -0.25) is 0 Å². The van der Waals surface area contributed by atoms with Crippen molar-refractivity contribution in [3.63, 3.8) is 0 Å². The highest BCUT2D eigenvalue weighted by atomic mass is 16.5. The van der Waals surface area contributed by atoms with E-state index < -0.39 is 0 Å². The van der Waals surface area contributed by atoms with Crippen LogP contribution in [0.1, 0.15) is 31.4 Å². The number of ether oxygens (including phenoxy) is 1. The predicted molar refractivity (Wildman–Crippen MR) is 69.2 cm³/mol. The highest BCUT2D eigenvalue weighted by molar-refractivity contribution is 5.16. The van der Waals surface area contributed by atoms with Gasteiger partial charge in [-0.05, 0) is 30.6 Å². The van der Waals surface area contributed by atoms with Crippen LogP contribution in [0.25, 0.3) is 0 Å². The van der Waals surface area contributed by atoms with E-state index in [1.165, 1.54) is 25.7 Å². The lowest BCUT2D eigenvalue weighted by Crippen LogP contribution is -2.27. The number of hydrogen-bond acceptors (Lipinski definition) is 4. The molecule has 2 fully saturated rings. The number of aromatic nitrogens is 2. The molecule has 2 saturated carbocycles. The highest BCUT2D eigenvalue weighted by Crippen LogP contribution is 2.56. The van der Waals surface area contributed by atoms with Gasteiger partial charge < -0.3 is 10.5 Å². The van der Waals surface area contributed by atoms with Crippen molar-refractivity contribution >= 4 is 0 Å². The number of rotatable bonds is 4. The SMILES string of the molecule is COc1cc(CC(N)C2C3CCCCC32)ncn1. The van der Waals surface area contributed by atoms with Crippen molar-refractivity contribution in [1.82, 2.24) is 9.97 Å². The zero-order valence-corrected chi connectivity index (χ0v) is 10.9. The van der Waals surface area contributed by atoms with E-state index in [1.54, 1.807) is 13.4 Å². The summed E-state index contributed by atoms with van der Waals surface area (Å²) in [6, 6.07) is 2.14. The van der Waals surface area contributed by atoms with Crippen molar-refractivity contribution in [2.75, 3.05) is 7.11 Å². The smallest absolute Gasteiger partial charge is 0.216 e. The summed E-state index contributed by atoms with van der Waals surface area (Å²) >= 11 is 0. The molecule has 2 aliphatic carbocycles. The molecule has 18 heavy (non-hydrogen) atoms. The Hall–Kier alpha value is -1.16. The summed E-state index contributed by atoms with van der Waals surface area (Å²) in [4.78, 5) is 8.31. The van der Waals surface area contributed by atoms with Crippen molar-refractivity contribution in [1.29, 1.82) is 0 Å². The molecule has 0 aromatic carbocycles. The van der Waals surface area contributed by atoms with Crippen LogP contribution in [0.3, 0.4) is 0 Å². The fourth-order valence-electron chi connectivity index (χ4n) is 3.66. The molecule has 3 atom stereocenters. The first kappa shape index (κ1) is 11.9. The van der Waals surface area contributed by atoms with E-state index in [9.17, 15) is 0 Å². The van der Waals surface area contributed by atoms with Gasteiger partial charge in [0.2, 0.25) is 5.88 Å². The van der Waals surface area contributed by atoms with Gasteiger partial charge in [0.25, 0.3) is 0 Å². The molecule has 0 saturated heterocycles. The molecule has 0 radical (unpaired) electrons. The molecule has 1 aromatic rings. The molecule has 0 aliphatic heterocycles. The van der Waals surface area contributed by atoms with Gasteiger partial charge in [0.1, 0.15) is 6.33 Å². The monoisotopic (exact) mass is 247 g/mol. The number of nitrogens with two attached hydrogens (primary N) is 1. The first-order valence-electron chi connectivity index (χ1n) is 6.90. The standard InChI is InChI=1S/C14H21N3O/c1-18-13-7-9(16-8-17-13)6-12(15)14-10-4-2-3-5-11(10)14/h7-8,10-12,14H,2-6,15H2,1H3. The first-order valence-corrected chi connectivity index (χ1v) is 6.90. The lowest BCUT2D eigenvalue weighted by Gasteiger charge is -2.11. The Labute approximate surface area is 108 Å². The zero-order valence-electron chi connectivity index (χ0n) is 10.9. The van der Waals surface area contributed by atoms with E-state index in [4.69, 9.17) is 10.5 Å². The normalized spacial score (nSPS) is 31.6. The minimum Gasteiger partial charge on any atom is -0.481 e. The largest absolute Gasteiger partial charge is 0.481 e. The van der Waals surface area contributed by atoms with Crippen LogP contribution < -0.4 is 10.5 Å². The summed E-state index contributed by atoms with van der Waals surface area (Å²) in [7, 11) is 1.63. The minimum absolute atomic E-state index is 0.248.